The first kappa shape index (κ1) is 16.0. The van der Waals surface area contributed by atoms with Gasteiger partial charge in [-0.2, -0.15) is 0 Å². The van der Waals surface area contributed by atoms with E-state index < -0.39 is 11.6 Å². The molecule has 120 valence electrons. The number of hydrogen-bond acceptors (Lipinski definition) is 2. The van der Waals surface area contributed by atoms with E-state index in [0.29, 0.717) is 10.8 Å². The minimum atomic E-state index is -0.893. The Labute approximate surface area is 138 Å². The van der Waals surface area contributed by atoms with Crippen molar-refractivity contribution in [2.45, 2.75) is 23.8 Å². The standard InChI is InChI=1S/C18H17F2NOS/c19-15-9-8-14(10-16(15)20)23-11-17(22)21-18(13-6-7-13)12-4-2-1-3-5-12/h1-5,8-10,13,18H,6-7,11H2,(H,21,22). The van der Waals surface area contributed by atoms with Crippen LogP contribution in [0.3, 0.4) is 0 Å². The number of halogens is 2. The van der Waals surface area contributed by atoms with Gasteiger partial charge in [-0.25, -0.2) is 8.78 Å². The highest BCUT2D eigenvalue weighted by Crippen LogP contribution is 2.41. The molecular weight excluding hydrogens is 316 g/mol. The maximum absolute atomic E-state index is 13.2. The zero-order valence-electron chi connectivity index (χ0n) is 12.5. The molecule has 2 nitrogen and oxygen atoms in total. The highest BCUT2D eigenvalue weighted by atomic mass is 32.2. The Balaban J connectivity index is 1.58. The van der Waals surface area contributed by atoms with Gasteiger partial charge in [-0.05, 0) is 42.5 Å². The molecule has 1 unspecified atom stereocenters. The third-order valence-corrected chi connectivity index (χ3v) is 4.82. The van der Waals surface area contributed by atoms with Crippen LogP contribution in [0, 0.1) is 17.6 Å². The summed E-state index contributed by atoms with van der Waals surface area (Å²) in [5, 5.41) is 3.06. The number of carbonyl (C=O) groups is 1. The van der Waals surface area contributed by atoms with Crippen LogP contribution in [0.25, 0.3) is 0 Å². The molecule has 1 aliphatic rings. The van der Waals surface area contributed by atoms with Gasteiger partial charge in [-0.3, -0.25) is 4.79 Å². The number of rotatable bonds is 6. The van der Waals surface area contributed by atoms with Crippen molar-refractivity contribution in [3.63, 3.8) is 0 Å². The lowest BCUT2D eigenvalue weighted by Gasteiger charge is -2.18. The molecule has 0 heterocycles. The normalized spacial score (nSPS) is 15.2. The number of thioether (sulfide) groups is 1. The van der Waals surface area contributed by atoms with Gasteiger partial charge in [-0.15, -0.1) is 11.8 Å². The van der Waals surface area contributed by atoms with Crippen LogP contribution in [-0.4, -0.2) is 11.7 Å². The van der Waals surface area contributed by atoms with Gasteiger partial charge in [0, 0.05) is 4.90 Å². The molecule has 0 aliphatic heterocycles. The predicted molar refractivity (Wildman–Crippen MR) is 87.1 cm³/mol. The minimum absolute atomic E-state index is 0.0363. The first-order chi connectivity index (χ1) is 11.1. The van der Waals surface area contributed by atoms with Gasteiger partial charge in [-0.1, -0.05) is 30.3 Å². The van der Waals surface area contributed by atoms with E-state index in [9.17, 15) is 13.6 Å². The van der Waals surface area contributed by atoms with Crippen molar-refractivity contribution < 1.29 is 13.6 Å². The van der Waals surface area contributed by atoms with Crippen molar-refractivity contribution in [1.29, 1.82) is 0 Å². The summed E-state index contributed by atoms with van der Waals surface area (Å²) in [7, 11) is 0. The average molecular weight is 333 g/mol. The van der Waals surface area contributed by atoms with Crippen LogP contribution in [0.2, 0.25) is 0 Å². The third-order valence-electron chi connectivity index (χ3n) is 3.83. The molecule has 0 spiro atoms. The summed E-state index contributed by atoms with van der Waals surface area (Å²) in [5.74, 6) is -1.19. The second-order valence-electron chi connectivity index (χ2n) is 5.66. The van der Waals surface area contributed by atoms with Crippen LogP contribution in [0.4, 0.5) is 8.78 Å². The molecule has 0 aromatic heterocycles. The van der Waals surface area contributed by atoms with Crippen molar-refractivity contribution in [3.05, 3.63) is 65.7 Å². The minimum Gasteiger partial charge on any atom is -0.348 e. The fourth-order valence-electron chi connectivity index (χ4n) is 2.49. The number of hydrogen-bond donors (Lipinski definition) is 1. The quantitative estimate of drug-likeness (QED) is 0.798. The van der Waals surface area contributed by atoms with Crippen LogP contribution in [0.5, 0.6) is 0 Å². The van der Waals surface area contributed by atoms with Gasteiger partial charge < -0.3 is 5.32 Å². The average Bonchev–Trinajstić information content (AvgIpc) is 3.39. The Kier molecular flexibility index (Phi) is 4.96. The number of carbonyl (C=O) groups excluding carboxylic acids is 1. The summed E-state index contributed by atoms with van der Waals surface area (Å²) in [4.78, 5) is 12.7. The Bertz CT molecular complexity index is 689. The lowest BCUT2D eigenvalue weighted by atomic mass is 10.0. The monoisotopic (exact) mass is 333 g/mol. The van der Waals surface area contributed by atoms with E-state index >= 15 is 0 Å². The maximum atomic E-state index is 13.2. The Morgan fingerprint density at radius 2 is 1.87 bits per heavy atom. The summed E-state index contributed by atoms with van der Waals surface area (Å²) in [6.07, 6.45) is 2.24. The lowest BCUT2D eigenvalue weighted by Crippen LogP contribution is -2.31. The Morgan fingerprint density at radius 3 is 2.52 bits per heavy atom. The molecule has 0 bridgehead atoms. The fraction of sp³-hybridized carbons (Fsp3) is 0.278. The van der Waals surface area contributed by atoms with Gasteiger partial charge in [0.25, 0.3) is 0 Å². The summed E-state index contributed by atoms with van der Waals surface area (Å²) >= 11 is 1.20. The van der Waals surface area contributed by atoms with Gasteiger partial charge in [0.05, 0.1) is 11.8 Å². The molecule has 1 fully saturated rings. The molecule has 0 radical (unpaired) electrons. The molecule has 1 amide bonds. The number of amides is 1. The van der Waals surface area contributed by atoms with E-state index in [-0.39, 0.29) is 17.7 Å². The van der Waals surface area contributed by atoms with Crippen molar-refractivity contribution in [2.75, 3.05) is 5.75 Å². The Morgan fingerprint density at radius 1 is 1.13 bits per heavy atom. The first-order valence-electron chi connectivity index (χ1n) is 7.55. The van der Waals surface area contributed by atoms with Crippen LogP contribution >= 0.6 is 11.8 Å². The van der Waals surface area contributed by atoms with Crippen molar-refractivity contribution in [1.82, 2.24) is 5.32 Å². The molecule has 23 heavy (non-hydrogen) atoms. The summed E-state index contributed by atoms with van der Waals surface area (Å²) in [6.45, 7) is 0. The summed E-state index contributed by atoms with van der Waals surface area (Å²) in [6, 6.07) is 13.6. The zero-order chi connectivity index (χ0) is 16.2. The molecule has 1 N–H and O–H groups in total. The van der Waals surface area contributed by atoms with E-state index in [1.54, 1.807) is 0 Å². The SMILES string of the molecule is O=C(CSc1ccc(F)c(F)c1)NC(c1ccccc1)C1CC1. The van der Waals surface area contributed by atoms with Crippen molar-refractivity contribution in [2.24, 2.45) is 5.92 Å². The van der Waals surface area contributed by atoms with E-state index in [2.05, 4.69) is 5.32 Å². The van der Waals surface area contributed by atoms with E-state index in [0.717, 1.165) is 30.5 Å². The topological polar surface area (TPSA) is 29.1 Å². The van der Waals surface area contributed by atoms with E-state index in [1.165, 1.54) is 17.8 Å². The molecule has 1 saturated carbocycles. The first-order valence-corrected chi connectivity index (χ1v) is 8.54. The molecule has 5 heteroatoms. The second kappa shape index (κ2) is 7.13. The van der Waals surface area contributed by atoms with Gasteiger partial charge >= 0.3 is 0 Å². The predicted octanol–water partition coefficient (Wildman–Crippen LogP) is 4.32. The second-order valence-corrected chi connectivity index (χ2v) is 6.71. The van der Waals surface area contributed by atoms with Gasteiger partial charge in [0.2, 0.25) is 5.91 Å². The van der Waals surface area contributed by atoms with Crippen LogP contribution in [0.1, 0.15) is 24.4 Å². The number of nitrogens with one attached hydrogen (secondary N) is 1. The molecule has 1 aliphatic carbocycles. The van der Waals surface area contributed by atoms with Crippen LogP contribution in [0.15, 0.2) is 53.4 Å². The van der Waals surface area contributed by atoms with Crippen LogP contribution in [-0.2, 0) is 4.79 Å². The summed E-state index contributed by atoms with van der Waals surface area (Å²) < 4.78 is 26.0. The van der Waals surface area contributed by atoms with Gasteiger partial charge in [0.1, 0.15) is 0 Å². The third kappa shape index (κ3) is 4.32. The number of benzene rings is 2. The lowest BCUT2D eigenvalue weighted by molar-refractivity contribution is -0.119. The highest BCUT2D eigenvalue weighted by Gasteiger charge is 2.33. The molecule has 2 aromatic carbocycles. The van der Waals surface area contributed by atoms with Crippen LogP contribution < -0.4 is 5.32 Å². The van der Waals surface area contributed by atoms with Crippen molar-refractivity contribution in [3.8, 4) is 0 Å². The molecule has 0 saturated heterocycles. The Hall–Kier alpha value is -1.88. The van der Waals surface area contributed by atoms with E-state index in [1.807, 2.05) is 30.3 Å². The highest BCUT2D eigenvalue weighted by molar-refractivity contribution is 8.00. The smallest absolute Gasteiger partial charge is 0.230 e. The largest absolute Gasteiger partial charge is 0.348 e. The van der Waals surface area contributed by atoms with E-state index in [4.69, 9.17) is 0 Å². The molecular formula is C18H17F2NOS. The molecule has 2 aromatic rings. The molecule has 3 rings (SSSR count). The maximum Gasteiger partial charge on any atom is 0.230 e. The van der Waals surface area contributed by atoms with Crippen molar-refractivity contribution >= 4 is 17.7 Å². The zero-order valence-corrected chi connectivity index (χ0v) is 13.3. The van der Waals surface area contributed by atoms with Gasteiger partial charge in [0.15, 0.2) is 11.6 Å². The summed E-state index contributed by atoms with van der Waals surface area (Å²) in [5.41, 5.74) is 1.11. The molecule has 1 atom stereocenters. The fourth-order valence-corrected chi connectivity index (χ4v) is 3.23.